The molecule has 0 saturated heterocycles. The third-order valence-electron chi connectivity index (χ3n) is 2.27. The van der Waals surface area contributed by atoms with Crippen molar-refractivity contribution < 1.29 is 9.90 Å². The fourth-order valence-corrected chi connectivity index (χ4v) is 1.21. The monoisotopic (exact) mass is 230 g/mol. The Morgan fingerprint density at radius 2 is 2.24 bits per heavy atom. The first-order valence-electron chi connectivity index (χ1n) is 5.08. The summed E-state index contributed by atoms with van der Waals surface area (Å²) in [6.45, 7) is 6.87. The first-order chi connectivity index (χ1) is 8.06. The Balaban J connectivity index is 3.14. The number of rotatable bonds is 4. The predicted octanol–water partition coefficient (Wildman–Crippen LogP) is 2.44. The van der Waals surface area contributed by atoms with E-state index in [1.807, 2.05) is 6.07 Å². The van der Waals surface area contributed by atoms with Gasteiger partial charge in [-0.25, -0.2) is 4.79 Å². The van der Waals surface area contributed by atoms with Gasteiger partial charge in [0.25, 0.3) is 0 Å². The minimum Gasteiger partial charge on any atom is -0.478 e. The van der Waals surface area contributed by atoms with Crippen LogP contribution in [0.25, 0.3) is 0 Å². The number of carboxylic acid groups (broad SMARTS) is 1. The average Bonchev–Trinajstić information content (AvgIpc) is 2.35. The van der Waals surface area contributed by atoms with Gasteiger partial charge < -0.3 is 5.11 Å². The van der Waals surface area contributed by atoms with Gasteiger partial charge in [-0.2, -0.15) is 0 Å². The topological polar surface area (TPSA) is 62.5 Å². The Morgan fingerprint density at radius 1 is 1.53 bits per heavy atom. The molecule has 0 bridgehead atoms. The number of aromatic nitrogens is 1. The molecule has 0 spiro atoms. The lowest BCUT2D eigenvalue weighted by molar-refractivity contribution is -0.132. The molecule has 1 aromatic rings. The number of carboxylic acids is 1. The van der Waals surface area contributed by atoms with E-state index in [-0.39, 0.29) is 5.57 Å². The van der Waals surface area contributed by atoms with Gasteiger partial charge in [-0.1, -0.05) is 12.6 Å². The average molecular weight is 230 g/mol. The minimum absolute atomic E-state index is 0.170. The second-order valence-corrected chi connectivity index (χ2v) is 3.46. The molecule has 4 heteroatoms. The van der Waals surface area contributed by atoms with Crippen LogP contribution in [0.3, 0.4) is 0 Å². The van der Waals surface area contributed by atoms with Crippen molar-refractivity contribution in [2.24, 2.45) is 4.99 Å². The molecule has 0 amide bonds. The van der Waals surface area contributed by atoms with Crippen molar-refractivity contribution in [3.05, 3.63) is 54.0 Å². The van der Waals surface area contributed by atoms with Crippen LogP contribution in [0.15, 0.2) is 53.4 Å². The molecule has 1 heterocycles. The van der Waals surface area contributed by atoms with Crippen LogP contribution >= 0.6 is 0 Å². The molecule has 4 nitrogen and oxygen atoms in total. The van der Waals surface area contributed by atoms with Gasteiger partial charge in [-0.3, -0.25) is 9.98 Å². The van der Waals surface area contributed by atoms with E-state index in [9.17, 15) is 4.79 Å². The zero-order valence-electron chi connectivity index (χ0n) is 9.84. The molecule has 0 aliphatic carbocycles. The second kappa shape index (κ2) is 5.75. The molecule has 0 aromatic carbocycles. The molecule has 1 aromatic heterocycles. The first kappa shape index (κ1) is 12.8. The summed E-state index contributed by atoms with van der Waals surface area (Å²) in [5.74, 6) is -0.998. The van der Waals surface area contributed by atoms with Crippen LogP contribution in [0.1, 0.15) is 19.4 Å². The lowest BCUT2D eigenvalue weighted by Crippen LogP contribution is -2.01. The van der Waals surface area contributed by atoms with Crippen molar-refractivity contribution in [1.29, 1.82) is 0 Å². The zero-order chi connectivity index (χ0) is 12.8. The maximum absolute atomic E-state index is 10.8. The number of aliphatic imine (C=N–C) groups is 1. The fraction of sp³-hybridized carbons (Fsp3) is 0.154. The number of aliphatic carboxylic acids is 1. The highest BCUT2D eigenvalue weighted by molar-refractivity contribution is 5.99. The molecule has 0 aliphatic heterocycles. The highest BCUT2D eigenvalue weighted by Gasteiger charge is 2.06. The van der Waals surface area contributed by atoms with Gasteiger partial charge in [-0.05, 0) is 26.0 Å². The van der Waals surface area contributed by atoms with Crippen LogP contribution in [0.2, 0.25) is 0 Å². The summed E-state index contributed by atoms with van der Waals surface area (Å²) in [6.07, 6.45) is 4.78. The Morgan fingerprint density at radius 3 is 2.71 bits per heavy atom. The van der Waals surface area contributed by atoms with Gasteiger partial charge in [0.2, 0.25) is 0 Å². The molecular weight excluding hydrogens is 216 g/mol. The summed E-state index contributed by atoms with van der Waals surface area (Å²) >= 11 is 0. The Bertz CT molecular complexity index is 487. The van der Waals surface area contributed by atoms with Gasteiger partial charge in [-0.15, -0.1) is 0 Å². The maximum atomic E-state index is 10.8. The zero-order valence-corrected chi connectivity index (χ0v) is 9.84. The molecule has 0 fully saturated rings. The summed E-state index contributed by atoms with van der Waals surface area (Å²) in [5, 5.41) is 8.88. The molecule has 0 radical (unpaired) electrons. The van der Waals surface area contributed by atoms with Gasteiger partial charge in [0.05, 0.1) is 11.3 Å². The quantitative estimate of drug-likeness (QED) is 0.491. The number of pyridine rings is 1. The maximum Gasteiger partial charge on any atom is 0.333 e. The summed E-state index contributed by atoms with van der Waals surface area (Å²) < 4.78 is 0. The molecule has 1 rings (SSSR count). The number of hydrogen-bond acceptors (Lipinski definition) is 3. The Kier molecular flexibility index (Phi) is 4.34. The number of allylic oxidation sites excluding steroid dienone is 1. The largest absolute Gasteiger partial charge is 0.478 e. The van der Waals surface area contributed by atoms with E-state index in [0.717, 1.165) is 5.56 Å². The van der Waals surface area contributed by atoms with E-state index in [0.29, 0.717) is 11.4 Å². The number of carbonyl (C=O) groups is 1. The van der Waals surface area contributed by atoms with Crippen LogP contribution in [0.5, 0.6) is 0 Å². The smallest absolute Gasteiger partial charge is 0.333 e. The molecule has 0 unspecified atom stereocenters. The van der Waals surface area contributed by atoms with Crippen LogP contribution < -0.4 is 0 Å². The summed E-state index contributed by atoms with van der Waals surface area (Å²) in [4.78, 5) is 19.1. The molecule has 88 valence electrons. The van der Waals surface area contributed by atoms with E-state index in [1.54, 1.807) is 25.4 Å². The molecule has 1 N–H and O–H groups in total. The first-order valence-corrected chi connectivity index (χ1v) is 5.08. The normalized spacial score (nSPS) is 12.9. The molecule has 0 aliphatic rings. The molecular formula is C13H14N2O2. The van der Waals surface area contributed by atoms with E-state index in [2.05, 4.69) is 16.6 Å². The van der Waals surface area contributed by atoms with Crippen molar-refractivity contribution >= 4 is 11.7 Å². The van der Waals surface area contributed by atoms with Gasteiger partial charge in [0.1, 0.15) is 0 Å². The van der Waals surface area contributed by atoms with E-state index in [4.69, 9.17) is 5.11 Å². The fourth-order valence-electron chi connectivity index (χ4n) is 1.21. The lowest BCUT2D eigenvalue weighted by Gasteiger charge is -2.02. The van der Waals surface area contributed by atoms with Crippen LogP contribution in [0.4, 0.5) is 0 Å². The van der Waals surface area contributed by atoms with Crippen LogP contribution in [0, 0.1) is 0 Å². The second-order valence-electron chi connectivity index (χ2n) is 3.46. The summed E-state index contributed by atoms with van der Waals surface area (Å²) in [5.41, 5.74) is 2.08. The molecule has 0 saturated carbocycles. The van der Waals surface area contributed by atoms with Crippen molar-refractivity contribution in [3.8, 4) is 0 Å². The Hall–Kier alpha value is -2.23. The van der Waals surface area contributed by atoms with Crippen LogP contribution in [-0.4, -0.2) is 21.8 Å². The van der Waals surface area contributed by atoms with Crippen molar-refractivity contribution in [3.63, 3.8) is 0 Å². The van der Waals surface area contributed by atoms with E-state index in [1.165, 1.54) is 13.0 Å². The summed E-state index contributed by atoms with van der Waals surface area (Å²) in [7, 11) is 0. The SMILES string of the molecule is C=C/C(N=C(C)c1cccnc1)=C(/C)C(=O)O. The van der Waals surface area contributed by atoms with Gasteiger partial charge >= 0.3 is 5.97 Å². The van der Waals surface area contributed by atoms with E-state index < -0.39 is 5.97 Å². The van der Waals surface area contributed by atoms with Gasteiger partial charge in [0.15, 0.2) is 0 Å². The van der Waals surface area contributed by atoms with Crippen LogP contribution in [-0.2, 0) is 4.79 Å². The number of nitrogens with zero attached hydrogens (tertiary/aromatic N) is 2. The molecule has 17 heavy (non-hydrogen) atoms. The predicted molar refractivity (Wildman–Crippen MR) is 67.0 cm³/mol. The van der Waals surface area contributed by atoms with Gasteiger partial charge in [0, 0.05) is 23.7 Å². The third-order valence-corrected chi connectivity index (χ3v) is 2.27. The highest BCUT2D eigenvalue weighted by atomic mass is 16.4. The lowest BCUT2D eigenvalue weighted by atomic mass is 10.2. The van der Waals surface area contributed by atoms with Crippen molar-refractivity contribution in [1.82, 2.24) is 4.98 Å². The van der Waals surface area contributed by atoms with Crippen molar-refractivity contribution in [2.45, 2.75) is 13.8 Å². The summed E-state index contributed by atoms with van der Waals surface area (Å²) in [6, 6.07) is 3.67. The standard InChI is InChI=1S/C13H14N2O2/c1-4-12(9(2)13(16)17)15-10(3)11-6-5-7-14-8-11/h4-8H,1H2,2-3H3,(H,16,17)/b12-9+,15-10?. The van der Waals surface area contributed by atoms with Crippen molar-refractivity contribution in [2.75, 3.05) is 0 Å². The highest BCUT2D eigenvalue weighted by Crippen LogP contribution is 2.10. The van der Waals surface area contributed by atoms with E-state index >= 15 is 0 Å². The number of hydrogen-bond donors (Lipinski definition) is 1. The molecule has 0 atom stereocenters. The third kappa shape index (κ3) is 3.38. The Labute approximate surface area is 100 Å². The minimum atomic E-state index is -0.998.